The number of aromatic nitrogens is 2. The Morgan fingerprint density at radius 2 is 1.96 bits per heavy atom. The first-order valence-corrected chi connectivity index (χ1v) is 9.45. The lowest BCUT2D eigenvalue weighted by Gasteiger charge is -2.15. The first kappa shape index (κ1) is 19.2. The molecule has 0 bridgehead atoms. The summed E-state index contributed by atoms with van der Waals surface area (Å²) in [5.41, 5.74) is 4.39. The van der Waals surface area contributed by atoms with Crippen molar-refractivity contribution >= 4 is 11.6 Å². The lowest BCUT2D eigenvalue weighted by Crippen LogP contribution is -2.09. The molecule has 0 saturated heterocycles. The van der Waals surface area contributed by atoms with Crippen molar-refractivity contribution in [2.75, 3.05) is 0 Å². The quantitative estimate of drug-likeness (QED) is 0.612. The molecule has 1 aromatic heterocycles. The summed E-state index contributed by atoms with van der Waals surface area (Å²) in [5, 5.41) is 19.2. The van der Waals surface area contributed by atoms with Crippen molar-refractivity contribution in [3.63, 3.8) is 0 Å². The molecule has 5 heteroatoms. The third-order valence-corrected chi connectivity index (χ3v) is 5.12. The van der Waals surface area contributed by atoms with Gasteiger partial charge in [0.25, 0.3) is 0 Å². The summed E-state index contributed by atoms with van der Waals surface area (Å²) >= 11 is 6.01. The predicted octanol–water partition coefficient (Wildman–Crippen LogP) is 4.91. The van der Waals surface area contributed by atoms with Crippen molar-refractivity contribution in [3.05, 3.63) is 76.3 Å². The Balaban J connectivity index is 1.78. The molecule has 3 aromatic rings. The zero-order valence-electron chi connectivity index (χ0n) is 15.2. The molecule has 3 rings (SSSR count). The maximum atomic E-state index is 9.59. The van der Waals surface area contributed by atoms with E-state index in [-0.39, 0.29) is 6.61 Å². The zero-order valence-corrected chi connectivity index (χ0v) is 16.0. The zero-order chi connectivity index (χ0) is 19.2. The number of hydrogen-bond donors (Lipinski definition) is 2. The van der Waals surface area contributed by atoms with Gasteiger partial charge in [0, 0.05) is 6.42 Å². The fourth-order valence-electron chi connectivity index (χ4n) is 3.29. The number of halogens is 1. The summed E-state index contributed by atoms with van der Waals surface area (Å²) in [7, 11) is 0. The second-order valence-electron chi connectivity index (χ2n) is 6.65. The normalized spacial score (nSPS) is 11.9. The van der Waals surface area contributed by atoms with Gasteiger partial charge in [0.1, 0.15) is 5.82 Å². The van der Waals surface area contributed by atoms with Crippen molar-refractivity contribution in [3.8, 4) is 17.2 Å². The van der Waals surface area contributed by atoms with Gasteiger partial charge in [-0.1, -0.05) is 67.4 Å². The smallest absolute Gasteiger partial charge is 0.152 e. The third-order valence-electron chi connectivity index (χ3n) is 4.81. The van der Waals surface area contributed by atoms with Gasteiger partial charge >= 0.3 is 0 Å². The van der Waals surface area contributed by atoms with E-state index in [2.05, 4.69) is 29.0 Å². The monoisotopic (exact) mass is 379 g/mol. The molecular weight excluding hydrogens is 358 g/mol. The van der Waals surface area contributed by atoms with E-state index >= 15 is 0 Å². The van der Waals surface area contributed by atoms with E-state index in [1.54, 1.807) is 0 Å². The topological polar surface area (TPSA) is 72.7 Å². The summed E-state index contributed by atoms with van der Waals surface area (Å²) in [6, 6.07) is 18.4. The number of benzene rings is 2. The molecule has 0 aliphatic carbocycles. The van der Waals surface area contributed by atoms with Crippen LogP contribution in [0.15, 0.2) is 48.5 Å². The van der Waals surface area contributed by atoms with Crippen molar-refractivity contribution in [1.29, 1.82) is 5.26 Å². The summed E-state index contributed by atoms with van der Waals surface area (Å²) in [6.07, 6.45) is 2.58. The number of nitrogens with one attached hydrogen (secondary N) is 1. The third kappa shape index (κ3) is 4.57. The largest absolute Gasteiger partial charge is 0.390 e. The molecular formula is C22H22ClN3O. The van der Waals surface area contributed by atoms with Gasteiger partial charge < -0.3 is 10.1 Å². The Kier molecular flexibility index (Phi) is 6.28. The molecule has 1 unspecified atom stereocenters. The van der Waals surface area contributed by atoms with E-state index in [9.17, 15) is 10.4 Å². The van der Waals surface area contributed by atoms with Crippen LogP contribution in [0.1, 0.15) is 36.0 Å². The van der Waals surface area contributed by atoms with Crippen LogP contribution >= 0.6 is 11.6 Å². The van der Waals surface area contributed by atoms with Crippen LogP contribution in [0.2, 0.25) is 5.15 Å². The molecule has 0 radical (unpaired) electrons. The predicted molar refractivity (Wildman–Crippen MR) is 107 cm³/mol. The number of imidazole rings is 1. The second-order valence-corrected chi connectivity index (χ2v) is 7.01. The highest BCUT2D eigenvalue weighted by Crippen LogP contribution is 2.26. The Bertz CT molecular complexity index is 944. The molecule has 27 heavy (non-hydrogen) atoms. The second kappa shape index (κ2) is 8.85. The summed E-state index contributed by atoms with van der Waals surface area (Å²) in [6.45, 7) is 2.00. The minimum atomic E-state index is -0.144. The van der Waals surface area contributed by atoms with Gasteiger partial charge in [0.2, 0.25) is 0 Å². The number of aromatic amines is 1. The maximum Gasteiger partial charge on any atom is 0.152 e. The average molecular weight is 380 g/mol. The van der Waals surface area contributed by atoms with Crippen molar-refractivity contribution < 1.29 is 5.11 Å². The van der Waals surface area contributed by atoms with Gasteiger partial charge in [-0.05, 0) is 35.1 Å². The Morgan fingerprint density at radius 1 is 1.19 bits per heavy atom. The fraction of sp³-hybridized carbons (Fsp3) is 0.273. The van der Waals surface area contributed by atoms with Crippen LogP contribution in [0, 0.1) is 17.2 Å². The van der Waals surface area contributed by atoms with Crippen LogP contribution in [0.3, 0.4) is 0 Å². The maximum absolute atomic E-state index is 9.59. The lowest BCUT2D eigenvalue weighted by molar-refractivity contribution is 0.277. The van der Waals surface area contributed by atoms with E-state index in [0.29, 0.717) is 22.3 Å². The molecule has 2 aromatic carbocycles. The molecule has 0 fully saturated rings. The van der Waals surface area contributed by atoms with Crippen LogP contribution < -0.4 is 0 Å². The van der Waals surface area contributed by atoms with E-state index in [1.165, 1.54) is 0 Å². The highest BCUT2D eigenvalue weighted by atomic mass is 35.5. The number of aliphatic hydroxyl groups excluding tert-OH is 1. The fourth-order valence-corrected chi connectivity index (χ4v) is 3.50. The van der Waals surface area contributed by atoms with Crippen LogP contribution in [-0.2, 0) is 19.4 Å². The summed E-state index contributed by atoms with van der Waals surface area (Å²) < 4.78 is 0. The number of nitrogens with zero attached hydrogens (tertiary/aromatic N) is 2. The number of rotatable bonds is 7. The van der Waals surface area contributed by atoms with Crippen LogP contribution in [0.4, 0.5) is 0 Å². The van der Waals surface area contributed by atoms with E-state index in [0.717, 1.165) is 41.8 Å². The van der Waals surface area contributed by atoms with E-state index in [1.807, 2.05) is 42.5 Å². The lowest BCUT2D eigenvalue weighted by atomic mass is 9.90. The van der Waals surface area contributed by atoms with E-state index in [4.69, 9.17) is 11.6 Å². The highest BCUT2D eigenvalue weighted by Gasteiger charge is 2.15. The van der Waals surface area contributed by atoms with Crippen molar-refractivity contribution in [2.24, 2.45) is 5.92 Å². The molecule has 0 aliphatic rings. The summed E-state index contributed by atoms with van der Waals surface area (Å²) in [4.78, 5) is 7.39. The molecule has 0 saturated carbocycles. The van der Waals surface area contributed by atoms with Crippen LogP contribution in [-0.4, -0.2) is 15.1 Å². The first-order chi connectivity index (χ1) is 13.1. The standard InChI is InChI=1S/C22H22ClN3O/c1-2-15(12-21-25-20(14-27)22(23)26-21)10-16-8-9-19(18(11-16)13-24)17-6-4-3-5-7-17/h3-9,11,15,27H,2,10,12,14H2,1H3,(H,25,26). The molecule has 0 amide bonds. The minimum Gasteiger partial charge on any atom is -0.390 e. The minimum absolute atomic E-state index is 0.144. The van der Waals surface area contributed by atoms with Crippen molar-refractivity contribution in [2.45, 2.75) is 32.8 Å². The van der Waals surface area contributed by atoms with Crippen LogP contribution in [0.5, 0.6) is 0 Å². The van der Waals surface area contributed by atoms with Gasteiger partial charge in [-0.2, -0.15) is 5.26 Å². The average Bonchev–Trinajstić information content (AvgIpc) is 3.07. The molecule has 2 N–H and O–H groups in total. The van der Waals surface area contributed by atoms with Gasteiger partial charge in [-0.3, -0.25) is 0 Å². The molecule has 1 atom stereocenters. The Hall–Kier alpha value is -2.61. The first-order valence-electron chi connectivity index (χ1n) is 9.07. The Morgan fingerprint density at radius 3 is 2.59 bits per heavy atom. The number of hydrogen-bond acceptors (Lipinski definition) is 3. The molecule has 0 aliphatic heterocycles. The SMILES string of the molecule is CCC(Cc1ccc(-c2ccccc2)c(C#N)c1)Cc1nc(Cl)c(CO)[nH]1. The van der Waals surface area contributed by atoms with Gasteiger partial charge in [-0.25, -0.2) is 4.98 Å². The van der Waals surface area contributed by atoms with Crippen molar-refractivity contribution in [1.82, 2.24) is 9.97 Å². The van der Waals surface area contributed by atoms with Gasteiger partial charge in [0.05, 0.1) is 23.9 Å². The van der Waals surface area contributed by atoms with Gasteiger partial charge in [-0.15, -0.1) is 0 Å². The number of aliphatic hydroxyl groups is 1. The Labute approximate surface area is 164 Å². The molecule has 1 heterocycles. The number of H-pyrrole nitrogens is 1. The van der Waals surface area contributed by atoms with E-state index < -0.39 is 0 Å². The van der Waals surface area contributed by atoms with Crippen LogP contribution in [0.25, 0.3) is 11.1 Å². The summed E-state index contributed by atoms with van der Waals surface area (Å²) in [5.74, 6) is 1.16. The highest BCUT2D eigenvalue weighted by molar-refractivity contribution is 6.30. The molecule has 138 valence electrons. The molecule has 0 spiro atoms. The molecule has 4 nitrogen and oxygen atoms in total. The number of nitriles is 1. The van der Waals surface area contributed by atoms with Gasteiger partial charge in [0.15, 0.2) is 5.15 Å².